The minimum Gasteiger partial charge on any atom is -0.495 e. The van der Waals surface area contributed by atoms with E-state index in [1.54, 1.807) is 48.5 Å². The van der Waals surface area contributed by atoms with E-state index in [4.69, 9.17) is 9.47 Å². The summed E-state index contributed by atoms with van der Waals surface area (Å²) in [6, 6.07) is 13.8. The average Bonchev–Trinajstić information content (AvgIpc) is 2.66. The summed E-state index contributed by atoms with van der Waals surface area (Å²) in [4.78, 5) is 36.7. The number of esters is 1. The number of methoxy groups -OCH3 is 1. The van der Waals surface area contributed by atoms with Crippen LogP contribution in [-0.4, -0.2) is 36.6 Å². The van der Waals surface area contributed by atoms with Gasteiger partial charge in [-0.1, -0.05) is 24.3 Å². The molecule has 0 fully saturated rings. The molecule has 2 rings (SSSR count). The Morgan fingerprint density at radius 2 is 1.74 bits per heavy atom. The molecule has 6 nitrogen and oxygen atoms in total. The van der Waals surface area contributed by atoms with Crippen LogP contribution in [0, 0.1) is 0 Å². The van der Waals surface area contributed by atoms with Gasteiger partial charge in [-0.3, -0.25) is 9.59 Å². The molecule has 0 spiro atoms. The van der Waals surface area contributed by atoms with Gasteiger partial charge in [-0.05, 0) is 38.1 Å². The molecule has 2 aromatic carbocycles. The average molecular weight is 387 g/mol. The second-order valence-corrected chi connectivity index (χ2v) is 6.74. The lowest BCUT2D eigenvalue weighted by Crippen LogP contribution is -2.30. The number of ketones is 1. The molecule has 7 heteroatoms. The number of para-hydroxylation sites is 2. The molecule has 0 aliphatic heterocycles. The maximum atomic E-state index is 12.5. The third-order valence-corrected chi connectivity index (χ3v) is 4.77. The van der Waals surface area contributed by atoms with Gasteiger partial charge in [-0.2, -0.15) is 0 Å². The van der Waals surface area contributed by atoms with Crippen LogP contribution >= 0.6 is 11.8 Å². The summed E-state index contributed by atoms with van der Waals surface area (Å²) in [5.74, 6) is -0.317. The summed E-state index contributed by atoms with van der Waals surface area (Å²) in [6.07, 6.45) is -1.01. The van der Waals surface area contributed by atoms with Crippen LogP contribution in [0.25, 0.3) is 0 Å². The molecular formula is C20H21NO5S. The molecule has 27 heavy (non-hydrogen) atoms. The van der Waals surface area contributed by atoms with Crippen molar-refractivity contribution in [1.82, 2.24) is 0 Å². The fourth-order valence-corrected chi connectivity index (χ4v) is 3.04. The van der Waals surface area contributed by atoms with Crippen LogP contribution in [0.1, 0.15) is 24.2 Å². The SMILES string of the molecule is COc1ccccc1NC(=O)[C@@H](C)OC(=O)c1ccccc1SCC(C)=O. The highest BCUT2D eigenvalue weighted by Crippen LogP contribution is 2.25. The Hall–Kier alpha value is -2.80. The third kappa shape index (κ3) is 5.86. The molecule has 0 bridgehead atoms. The van der Waals surface area contributed by atoms with Gasteiger partial charge in [0.05, 0.1) is 24.1 Å². The first-order valence-corrected chi connectivity index (χ1v) is 9.27. The number of anilines is 1. The number of hydrogen-bond acceptors (Lipinski definition) is 6. The van der Waals surface area contributed by atoms with Crippen molar-refractivity contribution < 1.29 is 23.9 Å². The van der Waals surface area contributed by atoms with Crippen molar-refractivity contribution in [1.29, 1.82) is 0 Å². The molecule has 1 N–H and O–H groups in total. The molecule has 1 atom stereocenters. The summed E-state index contributed by atoms with van der Waals surface area (Å²) >= 11 is 1.26. The standard InChI is InChI=1S/C20H21NO5S/c1-13(22)12-27-18-11-7-4-8-15(18)20(24)26-14(2)19(23)21-16-9-5-6-10-17(16)25-3/h4-11,14H,12H2,1-3H3,(H,21,23)/t14-/m1/s1. The number of Topliss-reactive ketones (excluding diaryl/α,β-unsaturated/α-hetero) is 1. The van der Waals surface area contributed by atoms with Crippen LogP contribution in [0.5, 0.6) is 5.75 Å². The van der Waals surface area contributed by atoms with Crippen molar-refractivity contribution in [2.75, 3.05) is 18.2 Å². The maximum absolute atomic E-state index is 12.5. The van der Waals surface area contributed by atoms with E-state index in [-0.39, 0.29) is 11.5 Å². The van der Waals surface area contributed by atoms with Crippen molar-refractivity contribution >= 4 is 35.1 Å². The van der Waals surface area contributed by atoms with E-state index in [9.17, 15) is 14.4 Å². The molecule has 0 aromatic heterocycles. The van der Waals surface area contributed by atoms with Crippen LogP contribution in [0.2, 0.25) is 0 Å². The van der Waals surface area contributed by atoms with Gasteiger partial charge in [0.2, 0.25) is 0 Å². The molecule has 142 valence electrons. The van der Waals surface area contributed by atoms with E-state index in [1.807, 2.05) is 0 Å². The van der Waals surface area contributed by atoms with Crippen LogP contribution in [0.3, 0.4) is 0 Å². The van der Waals surface area contributed by atoms with Crippen LogP contribution in [0.4, 0.5) is 5.69 Å². The molecule has 0 unspecified atom stereocenters. The monoisotopic (exact) mass is 387 g/mol. The minimum absolute atomic E-state index is 0.00715. The Labute approximate surface area is 162 Å². The van der Waals surface area contributed by atoms with Crippen LogP contribution in [0.15, 0.2) is 53.4 Å². The summed E-state index contributed by atoms with van der Waals surface area (Å²) < 4.78 is 10.5. The molecular weight excluding hydrogens is 366 g/mol. The van der Waals surface area contributed by atoms with Crippen LogP contribution in [-0.2, 0) is 14.3 Å². The Bertz CT molecular complexity index is 837. The molecule has 0 radical (unpaired) electrons. The van der Waals surface area contributed by atoms with Gasteiger partial charge in [0.1, 0.15) is 11.5 Å². The smallest absolute Gasteiger partial charge is 0.340 e. The lowest BCUT2D eigenvalue weighted by Gasteiger charge is -2.16. The normalized spacial score (nSPS) is 11.4. The fourth-order valence-electron chi connectivity index (χ4n) is 2.20. The van der Waals surface area contributed by atoms with Crippen LogP contribution < -0.4 is 10.1 Å². The van der Waals surface area contributed by atoms with Gasteiger partial charge in [0.25, 0.3) is 5.91 Å². The molecule has 0 aliphatic carbocycles. The Morgan fingerprint density at radius 1 is 1.07 bits per heavy atom. The van der Waals surface area contributed by atoms with Crippen molar-refractivity contribution in [3.8, 4) is 5.75 Å². The summed E-state index contributed by atoms with van der Waals surface area (Å²) in [5, 5.41) is 2.68. The number of ether oxygens (including phenoxy) is 2. The predicted molar refractivity (Wildman–Crippen MR) is 104 cm³/mol. The first-order valence-electron chi connectivity index (χ1n) is 8.28. The number of hydrogen-bond donors (Lipinski definition) is 1. The van der Waals surface area contributed by atoms with Gasteiger partial charge in [0.15, 0.2) is 6.10 Å². The lowest BCUT2D eigenvalue weighted by atomic mass is 10.2. The zero-order chi connectivity index (χ0) is 19.8. The first-order chi connectivity index (χ1) is 12.9. The zero-order valence-corrected chi connectivity index (χ0v) is 16.2. The minimum atomic E-state index is -1.01. The molecule has 1 amide bonds. The highest BCUT2D eigenvalue weighted by atomic mass is 32.2. The topological polar surface area (TPSA) is 81.7 Å². The number of carbonyl (C=O) groups is 3. The molecule has 0 saturated carbocycles. The molecule has 0 saturated heterocycles. The van der Waals surface area contributed by atoms with Gasteiger partial charge in [-0.25, -0.2) is 4.79 Å². The van der Waals surface area contributed by atoms with Crippen molar-refractivity contribution in [2.24, 2.45) is 0 Å². The first kappa shape index (κ1) is 20.5. The number of thioether (sulfide) groups is 1. The predicted octanol–water partition coefficient (Wildman–Crippen LogP) is 3.56. The van der Waals surface area contributed by atoms with E-state index in [0.717, 1.165) is 0 Å². The van der Waals surface area contributed by atoms with E-state index in [2.05, 4.69) is 5.32 Å². The molecule has 0 heterocycles. The van der Waals surface area contributed by atoms with E-state index >= 15 is 0 Å². The highest BCUT2D eigenvalue weighted by Gasteiger charge is 2.21. The Kier molecular flexibility index (Phi) is 7.43. The Balaban J connectivity index is 2.05. The van der Waals surface area contributed by atoms with Crippen molar-refractivity contribution in [3.63, 3.8) is 0 Å². The summed E-state index contributed by atoms with van der Waals surface area (Å²) in [6.45, 7) is 2.98. The third-order valence-electron chi connectivity index (χ3n) is 3.56. The van der Waals surface area contributed by atoms with Crippen molar-refractivity contribution in [2.45, 2.75) is 24.8 Å². The second kappa shape index (κ2) is 9.78. The van der Waals surface area contributed by atoms with Gasteiger partial charge < -0.3 is 14.8 Å². The van der Waals surface area contributed by atoms with Gasteiger partial charge in [0, 0.05) is 4.90 Å². The highest BCUT2D eigenvalue weighted by molar-refractivity contribution is 8.00. The number of carbonyl (C=O) groups excluding carboxylic acids is 3. The number of nitrogens with one attached hydrogen (secondary N) is 1. The maximum Gasteiger partial charge on any atom is 0.340 e. The van der Waals surface area contributed by atoms with Gasteiger partial charge >= 0.3 is 5.97 Å². The zero-order valence-electron chi connectivity index (χ0n) is 15.4. The van der Waals surface area contributed by atoms with E-state index < -0.39 is 18.0 Å². The molecule has 2 aromatic rings. The van der Waals surface area contributed by atoms with E-state index in [0.29, 0.717) is 21.9 Å². The fraction of sp³-hybridized carbons (Fsp3) is 0.250. The Morgan fingerprint density at radius 3 is 2.44 bits per heavy atom. The van der Waals surface area contributed by atoms with Crippen molar-refractivity contribution in [3.05, 3.63) is 54.1 Å². The largest absolute Gasteiger partial charge is 0.495 e. The summed E-state index contributed by atoms with van der Waals surface area (Å²) in [7, 11) is 1.50. The number of rotatable bonds is 8. The van der Waals surface area contributed by atoms with E-state index in [1.165, 1.54) is 32.7 Å². The van der Waals surface area contributed by atoms with Gasteiger partial charge in [-0.15, -0.1) is 11.8 Å². The number of amides is 1. The number of benzene rings is 2. The molecule has 0 aliphatic rings. The quantitative estimate of drug-likeness (QED) is 0.551. The second-order valence-electron chi connectivity index (χ2n) is 5.72. The lowest BCUT2D eigenvalue weighted by molar-refractivity contribution is -0.123. The summed E-state index contributed by atoms with van der Waals surface area (Å²) in [5.41, 5.74) is 0.811.